The van der Waals surface area contributed by atoms with Gasteiger partial charge in [-0.25, -0.2) is 0 Å². The molecule has 0 aromatic heterocycles. The molecule has 2 fully saturated rings. The van der Waals surface area contributed by atoms with Crippen molar-refractivity contribution < 1.29 is 0 Å². The minimum atomic E-state index is 0.704. The molecule has 174 valence electrons. The topological polar surface area (TPSA) is 15.6 Å². The van der Waals surface area contributed by atoms with Crippen LogP contribution in [0, 0.1) is 11.8 Å². The van der Waals surface area contributed by atoms with Crippen molar-refractivity contribution in [1.29, 1.82) is 0 Å². The van der Waals surface area contributed by atoms with Gasteiger partial charge in [-0.1, -0.05) is 110 Å². The van der Waals surface area contributed by atoms with Crippen LogP contribution in [0.2, 0.25) is 0 Å². The Labute approximate surface area is 188 Å². The summed E-state index contributed by atoms with van der Waals surface area (Å²) in [6.07, 6.45) is 29.7. The highest BCUT2D eigenvalue weighted by Crippen LogP contribution is 2.39. The summed E-state index contributed by atoms with van der Waals surface area (Å²) in [7, 11) is 0. The monoisotopic (exact) mass is 416 g/mol. The van der Waals surface area contributed by atoms with Crippen LogP contribution in [0.15, 0.2) is 5.10 Å². The summed E-state index contributed by atoms with van der Waals surface area (Å²) in [6.45, 7) is 4.77. The summed E-state index contributed by atoms with van der Waals surface area (Å²) in [4.78, 5) is 0. The Balaban J connectivity index is 1.82. The summed E-state index contributed by atoms with van der Waals surface area (Å²) in [5.74, 6) is 1.54. The van der Waals surface area contributed by atoms with E-state index in [0.717, 1.165) is 17.9 Å². The SMILES string of the molecule is CCCCC1C(C2CCCCCCCC2)=NN(C2CCCCCCCC2)C1CCC. The van der Waals surface area contributed by atoms with E-state index >= 15 is 0 Å². The third-order valence-electron chi connectivity index (χ3n) is 8.34. The number of rotatable bonds is 7. The Bertz CT molecular complexity index is 465. The summed E-state index contributed by atoms with van der Waals surface area (Å²) in [5, 5.41) is 8.36. The predicted octanol–water partition coefficient (Wildman–Crippen LogP) is 8.89. The molecule has 2 aliphatic carbocycles. The lowest BCUT2D eigenvalue weighted by Gasteiger charge is -2.35. The van der Waals surface area contributed by atoms with Gasteiger partial charge in [0.2, 0.25) is 0 Å². The van der Waals surface area contributed by atoms with Crippen LogP contribution in [-0.2, 0) is 0 Å². The zero-order valence-electron chi connectivity index (χ0n) is 20.6. The zero-order valence-corrected chi connectivity index (χ0v) is 20.6. The first-order valence-corrected chi connectivity index (χ1v) is 14.2. The maximum atomic E-state index is 5.63. The highest BCUT2D eigenvalue weighted by Gasteiger charge is 2.41. The molecule has 2 atom stereocenters. The largest absolute Gasteiger partial charge is 0.290 e. The number of hydrogen-bond donors (Lipinski definition) is 0. The fraction of sp³-hybridized carbons (Fsp3) is 0.964. The first kappa shape index (κ1) is 24.1. The van der Waals surface area contributed by atoms with Gasteiger partial charge < -0.3 is 0 Å². The number of unbranched alkanes of at least 4 members (excludes halogenated alkanes) is 1. The van der Waals surface area contributed by atoms with Crippen molar-refractivity contribution in [2.75, 3.05) is 0 Å². The molecule has 3 rings (SSSR count). The first-order valence-electron chi connectivity index (χ1n) is 14.2. The Morgan fingerprint density at radius 2 is 1.20 bits per heavy atom. The van der Waals surface area contributed by atoms with E-state index in [1.165, 1.54) is 135 Å². The van der Waals surface area contributed by atoms with E-state index < -0.39 is 0 Å². The third kappa shape index (κ3) is 6.99. The van der Waals surface area contributed by atoms with E-state index in [0.29, 0.717) is 6.04 Å². The van der Waals surface area contributed by atoms with E-state index in [1.807, 2.05) is 0 Å². The average molecular weight is 417 g/mol. The minimum Gasteiger partial charge on any atom is -0.290 e. The number of nitrogens with zero attached hydrogens (tertiary/aromatic N) is 2. The number of hydrogen-bond acceptors (Lipinski definition) is 2. The van der Waals surface area contributed by atoms with Gasteiger partial charge >= 0.3 is 0 Å². The molecule has 2 nitrogen and oxygen atoms in total. The predicted molar refractivity (Wildman–Crippen MR) is 132 cm³/mol. The van der Waals surface area contributed by atoms with Gasteiger partial charge in [0.1, 0.15) is 0 Å². The lowest BCUT2D eigenvalue weighted by molar-refractivity contribution is 0.111. The molecule has 0 N–H and O–H groups in total. The molecule has 2 unspecified atom stereocenters. The van der Waals surface area contributed by atoms with E-state index in [2.05, 4.69) is 18.9 Å². The van der Waals surface area contributed by atoms with Crippen molar-refractivity contribution in [3.05, 3.63) is 0 Å². The Morgan fingerprint density at radius 3 is 1.73 bits per heavy atom. The molecule has 0 spiro atoms. The van der Waals surface area contributed by atoms with Crippen molar-refractivity contribution >= 4 is 5.71 Å². The maximum absolute atomic E-state index is 5.63. The lowest BCUT2D eigenvalue weighted by atomic mass is 9.79. The van der Waals surface area contributed by atoms with E-state index in [-0.39, 0.29) is 0 Å². The first-order chi connectivity index (χ1) is 14.8. The van der Waals surface area contributed by atoms with Gasteiger partial charge in [-0.2, -0.15) is 5.10 Å². The molecule has 0 saturated heterocycles. The second kappa shape index (κ2) is 13.8. The molecular weight excluding hydrogens is 364 g/mol. The molecule has 0 amide bonds. The van der Waals surface area contributed by atoms with Crippen molar-refractivity contribution in [1.82, 2.24) is 5.01 Å². The second-order valence-corrected chi connectivity index (χ2v) is 10.8. The molecule has 1 heterocycles. The van der Waals surface area contributed by atoms with Gasteiger partial charge in [0.15, 0.2) is 0 Å². The molecule has 0 bridgehead atoms. The smallest absolute Gasteiger partial charge is 0.0554 e. The molecule has 30 heavy (non-hydrogen) atoms. The van der Waals surface area contributed by atoms with Crippen LogP contribution in [0.25, 0.3) is 0 Å². The van der Waals surface area contributed by atoms with Crippen LogP contribution < -0.4 is 0 Å². The van der Waals surface area contributed by atoms with Gasteiger partial charge in [0.05, 0.1) is 6.04 Å². The maximum Gasteiger partial charge on any atom is 0.0554 e. The van der Waals surface area contributed by atoms with Crippen molar-refractivity contribution in [3.8, 4) is 0 Å². The molecule has 2 heteroatoms. The zero-order chi connectivity index (χ0) is 21.0. The standard InChI is InChI=1S/C28H52N2/c1-3-5-23-26-27(18-4-2)30(25-21-16-12-8-9-13-17-22-25)29-28(26)24-19-14-10-6-7-11-15-20-24/h24-27H,3-23H2,1-2H3. The van der Waals surface area contributed by atoms with E-state index in [4.69, 9.17) is 5.10 Å². The van der Waals surface area contributed by atoms with Crippen LogP contribution in [-0.4, -0.2) is 22.8 Å². The van der Waals surface area contributed by atoms with E-state index in [1.54, 1.807) is 5.71 Å². The molecule has 0 aromatic carbocycles. The highest BCUT2D eigenvalue weighted by atomic mass is 15.5. The quantitative estimate of drug-likeness (QED) is 0.404. The normalized spacial score (nSPS) is 28.7. The summed E-state index contributed by atoms with van der Waals surface area (Å²) >= 11 is 0. The van der Waals surface area contributed by atoms with Gasteiger partial charge in [-0.15, -0.1) is 0 Å². The van der Waals surface area contributed by atoms with Crippen LogP contribution in [0.5, 0.6) is 0 Å². The van der Waals surface area contributed by atoms with Crippen molar-refractivity contribution in [3.63, 3.8) is 0 Å². The Hall–Kier alpha value is -0.530. The van der Waals surface area contributed by atoms with Gasteiger partial charge in [-0.05, 0) is 44.4 Å². The van der Waals surface area contributed by atoms with Crippen LogP contribution >= 0.6 is 0 Å². The van der Waals surface area contributed by atoms with E-state index in [9.17, 15) is 0 Å². The van der Waals surface area contributed by atoms with Gasteiger partial charge in [0, 0.05) is 17.7 Å². The molecule has 2 saturated carbocycles. The van der Waals surface area contributed by atoms with Gasteiger partial charge in [-0.3, -0.25) is 5.01 Å². The van der Waals surface area contributed by atoms with Crippen molar-refractivity contribution in [2.45, 2.75) is 161 Å². The second-order valence-electron chi connectivity index (χ2n) is 10.8. The van der Waals surface area contributed by atoms with Crippen LogP contribution in [0.4, 0.5) is 0 Å². The summed E-state index contributed by atoms with van der Waals surface area (Å²) in [6, 6.07) is 1.42. The molecule has 0 radical (unpaired) electrons. The lowest BCUT2D eigenvalue weighted by Crippen LogP contribution is -2.40. The molecule has 0 aromatic rings. The molecule has 3 aliphatic rings. The Morgan fingerprint density at radius 1 is 0.667 bits per heavy atom. The molecule has 1 aliphatic heterocycles. The highest BCUT2D eigenvalue weighted by molar-refractivity contribution is 5.90. The summed E-state index contributed by atoms with van der Waals surface area (Å²) in [5.41, 5.74) is 1.67. The fourth-order valence-corrected chi connectivity index (χ4v) is 6.60. The average Bonchev–Trinajstić information content (AvgIpc) is 3.21. The van der Waals surface area contributed by atoms with Crippen molar-refractivity contribution in [2.24, 2.45) is 16.9 Å². The molecular formula is C28H52N2. The fourth-order valence-electron chi connectivity index (χ4n) is 6.60. The summed E-state index contributed by atoms with van der Waals surface area (Å²) < 4.78 is 0. The van der Waals surface area contributed by atoms with Crippen LogP contribution in [0.1, 0.15) is 149 Å². The minimum absolute atomic E-state index is 0.704. The van der Waals surface area contributed by atoms with Crippen LogP contribution in [0.3, 0.4) is 0 Å². The number of hydrazone groups is 1. The third-order valence-corrected chi connectivity index (χ3v) is 8.34. The van der Waals surface area contributed by atoms with Gasteiger partial charge in [0.25, 0.3) is 0 Å². The Kier molecular flexibility index (Phi) is 11.1.